The smallest absolute Gasteiger partial charge is 0.107 e. The minimum atomic E-state index is 0.880. The van der Waals surface area contributed by atoms with Gasteiger partial charge in [0.25, 0.3) is 0 Å². The summed E-state index contributed by atoms with van der Waals surface area (Å²) >= 11 is 0. The third-order valence-electron chi connectivity index (χ3n) is 3.64. The summed E-state index contributed by atoms with van der Waals surface area (Å²) in [6.45, 7) is 5.17. The van der Waals surface area contributed by atoms with E-state index < -0.39 is 0 Å². The molecule has 0 amide bonds. The molecule has 4 heteroatoms. The average Bonchev–Trinajstić information content (AvgIpc) is 2.66. The fourth-order valence-electron chi connectivity index (χ4n) is 2.62. The number of rotatable bonds is 4. The monoisotopic (exact) mass is 259 g/mol. The Morgan fingerprint density at radius 2 is 2.16 bits per heavy atom. The minimum absolute atomic E-state index is 0.880. The number of nitrogens with zero attached hydrogens (tertiary/aromatic N) is 2. The van der Waals surface area contributed by atoms with Crippen LogP contribution in [0.2, 0.25) is 0 Å². The lowest BCUT2D eigenvalue weighted by atomic mass is 10.2. The highest BCUT2D eigenvalue weighted by Crippen LogP contribution is 2.11. The highest BCUT2D eigenvalue weighted by molar-refractivity contribution is 5.74. The number of H-pyrrole nitrogens is 1. The van der Waals surface area contributed by atoms with E-state index in [9.17, 15) is 0 Å². The van der Waals surface area contributed by atoms with E-state index in [-0.39, 0.29) is 0 Å². The fraction of sp³-hybridized carbons (Fsp3) is 0.533. The van der Waals surface area contributed by atoms with Crippen LogP contribution in [0.15, 0.2) is 24.3 Å². The van der Waals surface area contributed by atoms with E-state index >= 15 is 0 Å². The van der Waals surface area contributed by atoms with Crippen molar-refractivity contribution >= 4 is 11.0 Å². The van der Waals surface area contributed by atoms with E-state index in [1.165, 1.54) is 6.54 Å². The number of aromatic amines is 1. The maximum atomic E-state index is 5.47. The first kappa shape index (κ1) is 12.6. The summed E-state index contributed by atoms with van der Waals surface area (Å²) in [5.74, 6) is 1.10. The van der Waals surface area contributed by atoms with Crippen LogP contribution in [0, 0.1) is 0 Å². The van der Waals surface area contributed by atoms with Crippen LogP contribution in [0.25, 0.3) is 11.0 Å². The van der Waals surface area contributed by atoms with Gasteiger partial charge in [0.1, 0.15) is 5.82 Å². The standard InChI is InChI=1S/C15H21N3O/c1-2-6-14-13(5-1)16-15(17-14)7-3-8-18-9-4-11-19-12-10-18/h1-2,5-6H,3-4,7-12H2,(H,16,17). The van der Waals surface area contributed by atoms with Crippen LogP contribution < -0.4 is 0 Å². The van der Waals surface area contributed by atoms with E-state index in [4.69, 9.17) is 4.74 Å². The van der Waals surface area contributed by atoms with Gasteiger partial charge in [-0.2, -0.15) is 0 Å². The van der Waals surface area contributed by atoms with Gasteiger partial charge in [-0.15, -0.1) is 0 Å². The summed E-state index contributed by atoms with van der Waals surface area (Å²) in [5, 5.41) is 0. The molecule has 1 aromatic carbocycles. The molecule has 2 heterocycles. The Hall–Kier alpha value is -1.39. The van der Waals surface area contributed by atoms with E-state index in [1.54, 1.807) is 0 Å². The first-order chi connectivity index (χ1) is 9.42. The van der Waals surface area contributed by atoms with Crippen molar-refractivity contribution in [1.29, 1.82) is 0 Å². The van der Waals surface area contributed by atoms with Gasteiger partial charge in [0.05, 0.1) is 17.6 Å². The summed E-state index contributed by atoms with van der Waals surface area (Å²) in [6.07, 6.45) is 3.33. The first-order valence-corrected chi connectivity index (χ1v) is 7.15. The second-order valence-corrected chi connectivity index (χ2v) is 5.11. The number of imidazole rings is 1. The lowest BCUT2D eigenvalue weighted by Gasteiger charge is -2.18. The van der Waals surface area contributed by atoms with Crippen molar-refractivity contribution in [3.05, 3.63) is 30.1 Å². The SMILES string of the molecule is c1ccc2[nH]c(CCCN3CCCOCC3)nc2c1. The third-order valence-corrected chi connectivity index (χ3v) is 3.64. The van der Waals surface area contributed by atoms with Gasteiger partial charge in [0.2, 0.25) is 0 Å². The highest BCUT2D eigenvalue weighted by atomic mass is 16.5. The van der Waals surface area contributed by atoms with Gasteiger partial charge >= 0.3 is 0 Å². The summed E-state index contributed by atoms with van der Waals surface area (Å²) in [4.78, 5) is 10.5. The number of benzene rings is 1. The number of aromatic nitrogens is 2. The number of hydrogen-bond acceptors (Lipinski definition) is 3. The second kappa shape index (κ2) is 6.17. The molecule has 0 aliphatic carbocycles. The Morgan fingerprint density at radius 1 is 1.21 bits per heavy atom. The molecular formula is C15H21N3O. The molecule has 4 nitrogen and oxygen atoms in total. The van der Waals surface area contributed by atoms with Crippen molar-refractivity contribution in [2.45, 2.75) is 19.3 Å². The summed E-state index contributed by atoms with van der Waals surface area (Å²) < 4.78 is 5.47. The zero-order valence-electron chi connectivity index (χ0n) is 11.3. The molecule has 0 saturated carbocycles. The van der Waals surface area contributed by atoms with Crippen molar-refractivity contribution in [1.82, 2.24) is 14.9 Å². The molecule has 0 radical (unpaired) electrons. The lowest BCUT2D eigenvalue weighted by molar-refractivity contribution is 0.141. The van der Waals surface area contributed by atoms with Gasteiger partial charge < -0.3 is 14.6 Å². The molecule has 2 aromatic rings. The van der Waals surface area contributed by atoms with Crippen LogP contribution in [-0.2, 0) is 11.2 Å². The van der Waals surface area contributed by atoms with Crippen LogP contribution in [0.1, 0.15) is 18.7 Å². The van der Waals surface area contributed by atoms with Crippen molar-refractivity contribution in [2.75, 3.05) is 32.8 Å². The van der Waals surface area contributed by atoms with Crippen molar-refractivity contribution in [2.24, 2.45) is 0 Å². The largest absolute Gasteiger partial charge is 0.380 e. The number of para-hydroxylation sites is 2. The van der Waals surface area contributed by atoms with Crippen LogP contribution in [0.4, 0.5) is 0 Å². The summed E-state index contributed by atoms with van der Waals surface area (Å²) in [5.41, 5.74) is 2.21. The first-order valence-electron chi connectivity index (χ1n) is 7.15. The Morgan fingerprint density at radius 3 is 3.11 bits per heavy atom. The van der Waals surface area contributed by atoms with Crippen LogP contribution in [0.5, 0.6) is 0 Å². The fourth-order valence-corrected chi connectivity index (χ4v) is 2.62. The molecule has 0 atom stereocenters. The highest BCUT2D eigenvalue weighted by Gasteiger charge is 2.09. The number of fused-ring (bicyclic) bond motifs is 1. The topological polar surface area (TPSA) is 41.2 Å². The van der Waals surface area contributed by atoms with E-state index in [0.29, 0.717) is 0 Å². The van der Waals surface area contributed by atoms with Crippen LogP contribution in [0.3, 0.4) is 0 Å². The van der Waals surface area contributed by atoms with Gasteiger partial charge in [0.15, 0.2) is 0 Å². The molecule has 1 fully saturated rings. The van der Waals surface area contributed by atoms with Gasteiger partial charge in [-0.1, -0.05) is 12.1 Å². The van der Waals surface area contributed by atoms with Crippen molar-refractivity contribution in [3.8, 4) is 0 Å². The van der Waals surface area contributed by atoms with Gasteiger partial charge in [-0.25, -0.2) is 4.98 Å². The third kappa shape index (κ3) is 3.33. The second-order valence-electron chi connectivity index (χ2n) is 5.11. The number of ether oxygens (including phenoxy) is 1. The number of aryl methyl sites for hydroxylation is 1. The quantitative estimate of drug-likeness (QED) is 0.915. The molecule has 0 unspecified atom stereocenters. The van der Waals surface area contributed by atoms with Gasteiger partial charge in [-0.3, -0.25) is 0 Å². The Kier molecular flexibility index (Phi) is 4.10. The Labute approximate surface area is 113 Å². The zero-order valence-corrected chi connectivity index (χ0v) is 11.3. The van der Waals surface area contributed by atoms with Crippen molar-refractivity contribution in [3.63, 3.8) is 0 Å². The van der Waals surface area contributed by atoms with Gasteiger partial charge in [-0.05, 0) is 31.5 Å². The molecule has 1 aliphatic heterocycles. The Bertz CT molecular complexity index is 482. The molecule has 0 spiro atoms. The number of nitrogens with one attached hydrogen (secondary N) is 1. The maximum Gasteiger partial charge on any atom is 0.107 e. The normalized spacial score (nSPS) is 17.7. The number of hydrogen-bond donors (Lipinski definition) is 1. The minimum Gasteiger partial charge on any atom is -0.380 e. The van der Waals surface area contributed by atoms with Crippen LogP contribution >= 0.6 is 0 Å². The van der Waals surface area contributed by atoms with Gasteiger partial charge in [0, 0.05) is 26.1 Å². The van der Waals surface area contributed by atoms with Crippen LogP contribution in [-0.4, -0.2) is 47.7 Å². The summed E-state index contributed by atoms with van der Waals surface area (Å²) in [6, 6.07) is 8.21. The van der Waals surface area contributed by atoms with E-state index in [2.05, 4.69) is 27.0 Å². The molecule has 102 valence electrons. The Balaban J connectivity index is 1.51. The predicted molar refractivity (Wildman–Crippen MR) is 76.3 cm³/mol. The zero-order chi connectivity index (χ0) is 12.9. The molecule has 3 rings (SSSR count). The van der Waals surface area contributed by atoms with E-state index in [1.807, 2.05) is 12.1 Å². The molecule has 1 N–H and O–H groups in total. The van der Waals surface area contributed by atoms with Crippen molar-refractivity contribution < 1.29 is 4.74 Å². The maximum absolute atomic E-state index is 5.47. The molecule has 1 aromatic heterocycles. The molecule has 1 saturated heterocycles. The summed E-state index contributed by atoms with van der Waals surface area (Å²) in [7, 11) is 0. The predicted octanol–water partition coefficient (Wildman–Crippen LogP) is 2.22. The molecule has 1 aliphatic rings. The molecule has 19 heavy (non-hydrogen) atoms. The van der Waals surface area contributed by atoms with E-state index in [0.717, 1.165) is 62.4 Å². The lowest BCUT2D eigenvalue weighted by Crippen LogP contribution is -2.27. The average molecular weight is 259 g/mol. The molecule has 0 bridgehead atoms. The molecular weight excluding hydrogens is 238 g/mol.